The summed E-state index contributed by atoms with van der Waals surface area (Å²) in [6, 6.07) is 12.4. The van der Waals surface area contributed by atoms with Gasteiger partial charge in [-0.15, -0.1) is 12.4 Å². The summed E-state index contributed by atoms with van der Waals surface area (Å²) in [6.07, 6.45) is -1.08. The lowest BCUT2D eigenvalue weighted by Gasteiger charge is -2.18. The number of benzene rings is 2. The highest BCUT2D eigenvalue weighted by atomic mass is 35.5. The molecule has 0 spiro atoms. The first-order chi connectivity index (χ1) is 13.2. The van der Waals surface area contributed by atoms with Gasteiger partial charge in [-0.1, -0.05) is 53.5 Å². The summed E-state index contributed by atoms with van der Waals surface area (Å²) in [5.41, 5.74) is 6.78. The SMILES string of the molecule is Cl.N[C@@H](Cc1ccccc1)C(O)C(=O)NCCNS(=O)(=O)c1ccc(Cl)c(Cl)c1. The number of nitrogens with one attached hydrogen (secondary N) is 2. The standard InChI is InChI=1S/C18H21Cl2N3O4S.ClH/c19-14-7-6-13(11-15(14)20)28(26,27)23-9-8-22-18(25)17(24)16(21)10-12-4-2-1-3-5-12;/h1-7,11,16-17,23-24H,8-10,21H2,(H,22,25);1H/t16-,17?;/m0./s1. The molecule has 0 bridgehead atoms. The van der Waals surface area contributed by atoms with Gasteiger partial charge in [-0.25, -0.2) is 13.1 Å². The Morgan fingerprint density at radius 1 is 1.07 bits per heavy atom. The number of aliphatic hydroxyl groups excluding tert-OH is 1. The van der Waals surface area contributed by atoms with Crippen LogP contribution < -0.4 is 15.8 Å². The first kappa shape index (κ1) is 25.6. The smallest absolute Gasteiger partial charge is 0.250 e. The molecule has 0 aliphatic rings. The summed E-state index contributed by atoms with van der Waals surface area (Å²) in [7, 11) is -3.81. The maximum atomic E-state index is 12.2. The van der Waals surface area contributed by atoms with Crippen molar-refractivity contribution in [3.05, 3.63) is 64.1 Å². The Bertz CT molecular complexity index is 914. The summed E-state index contributed by atoms with van der Waals surface area (Å²) >= 11 is 11.6. The Kier molecular flexibility index (Phi) is 10.4. The summed E-state index contributed by atoms with van der Waals surface area (Å²) in [4.78, 5) is 12.0. The van der Waals surface area contributed by atoms with E-state index in [1.165, 1.54) is 18.2 Å². The van der Waals surface area contributed by atoms with E-state index in [1.54, 1.807) is 0 Å². The first-order valence-corrected chi connectivity index (χ1v) is 10.6. The third-order valence-electron chi connectivity index (χ3n) is 3.91. The fraction of sp³-hybridized carbons (Fsp3) is 0.278. The quantitative estimate of drug-likeness (QED) is 0.406. The number of rotatable bonds is 9. The molecule has 11 heteroatoms. The Morgan fingerprint density at radius 2 is 1.72 bits per heavy atom. The molecule has 0 fully saturated rings. The second kappa shape index (κ2) is 11.7. The van der Waals surface area contributed by atoms with E-state index >= 15 is 0 Å². The monoisotopic (exact) mass is 481 g/mol. The minimum atomic E-state index is -3.81. The van der Waals surface area contributed by atoms with Crippen LogP contribution in [0.1, 0.15) is 5.56 Å². The van der Waals surface area contributed by atoms with Crippen LogP contribution in [0.5, 0.6) is 0 Å². The molecular weight excluding hydrogens is 461 g/mol. The lowest BCUT2D eigenvalue weighted by atomic mass is 10.0. The number of hydrogen-bond donors (Lipinski definition) is 4. The number of hydrogen-bond acceptors (Lipinski definition) is 5. The van der Waals surface area contributed by atoms with Crippen LogP contribution in [-0.4, -0.2) is 44.7 Å². The Labute approximate surface area is 186 Å². The average molecular weight is 483 g/mol. The zero-order valence-corrected chi connectivity index (χ0v) is 18.4. The largest absolute Gasteiger partial charge is 0.382 e. The van der Waals surface area contributed by atoms with Crippen molar-refractivity contribution in [2.24, 2.45) is 5.73 Å². The van der Waals surface area contributed by atoms with E-state index in [9.17, 15) is 18.3 Å². The van der Waals surface area contributed by atoms with Crippen LogP contribution in [0.2, 0.25) is 10.0 Å². The molecule has 1 unspecified atom stereocenters. The van der Waals surface area contributed by atoms with Crippen molar-refractivity contribution < 1.29 is 18.3 Å². The molecule has 2 rings (SSSR count). The lowest BCUT2D eigenvalue weighted by Crippen LogP contribution is -2.48. The van der Waals surface area contributed by atoms with Gasteiger partial charge in [0.05, 0.1) is 14.9 Å². The number of amides is 1. The van der Waals surface area contributed by atoms with Crippen LogP contribution in [0.15, 0.2) is 53.4 Å². The van der Waals surface area contributed by atoms with Gasteiger partial charge >= 0.3 is 0 Å². The zero-order valence-electron chi connectivity index (χ0n) is 15.2. The molecule has 2 atom stereocenters. The molecule has 5 N–H and O–H groups in total. The van der Waals surface area contributed by atoms with Gasteiger partial charge in [0.15, 0.2) is 0 Å². The highest BCUT2D eigenvalue weighted by Gasteiger charge is 2.23. The van der Waals surface area contributed by atoms with Crippen LogP contribution in [0.3, 0.4) is 0 Å². The molecule has 2 aromatic carbocycles. The number of aliphatic hydroxyl groups is 1. The highest BCUT2D eigenvalue weighted by molar-refractivity contribution is 7.89. The summed E-state index contributed by atoms with van der Waals surface area (Å²) < 4.78 is 26.7. The van der Waals surface area contributed by atoms with Crippen molar-refractivity contribution in [1.82, 2.24) is 10.0 Å². The summed E-state index contributed by atoms with van der Waals surface area (Å²) in [6.45, 7) is -0.0938. The van der Waals surface area contributed by atoms with Crippen LogP contribution in [-0.2, 0) is 21.2 Å². The molecule has 1 amide bonds. The third kappa shape index (κ3) is 7.75. The summed E-state index contributed by atoms with van der Waals surface area (Å²) in [5, 5.41) is 12.9. The minimum Gasteiger partial charge on any atom is -0.382 e. The molecule has 0 saturated heterocycles. The molecule has 7 nitrogen and oxygen atoms in total. The third-order valence-corrected chi connectivity index (χ3v) is 6.10. The number of halogens is 3. The van der Waals surface area contributed by atoms with Crippen LogP contribution >= 0.6 is 35.6 Å². The van der Waals surface area contributed by atoms with E-state index in [1.807, 2.05) is 30.3 Å². The molecule has 0 aliphatic heterocycles. The van der Waals surface area contributed by atoms with Gasteiger partial charge in [0.1, 0.15) is 6.10 Å². The number of sulfonamides is 1. The second-order valence-corrected chi connectivity index (χ2v) is 8.64. The summed E-state index contributed by atoms with van der Waals surface area (Å²) in [5.74, 6) is -0.669. The molecule has 0 heterocycles. The molecular formula is C18H22Cl3N3O4S. The maximum Gasteiger partial charge on any atom is 0.250 e. The van der Waals surface area contributed by atoms with Gasteiger partial charge in [0.25, 0.3) is 5.91 Å². The van der Waals surface area contributed by atoms with Gasteiger partial charge in [-0.3, -0.25) is 4.79 Å². The van der Waals surface area contributed by atoms with E-state index in [0.717, 1.165) is 5.56 Å². The topological polar surface area (TPSA) is 122 Å². The van der Waals surface area contributed by atoms with Crippen LogP contribution in [0, 0.1) is 0 Å². The Balaban J connectivity index is 0.00000420. The molecule has 0 aliphatic carbocycles. The first-order valence-electron chi connectivity index (χ1n) is 8.40. The van der Waals surface area contributed by atoms with Gasteiger partial charge in [0.2, 0.25) is 10.0 Å². The Morgan fingerprint density at radius 3 is 2.34 bits per heavy atom. The average Bonchev–Trinajstić information content (AvgIpc) is 2.67. The number of carbonyl (C=O) groups is 1. The molecule has 0 saturated carbocycles. The molecule has 0 aromatic heterocycles. The molecule has 29 heavy (non-hydrogen) atoms. The molecule has 2 aromatic rings. The lowest BCUT2D eigenvalue weighted by molar-refractivity contribution is -0.130. The van der Waals surface area contributed by atoms with Gasteiger partial charge < -0.3 is 16.2 Å². The van der Waals surface area contributed by atoms with Crippen molar-refractivity contribution in [2.45, 2.75) is 23.5 Å². The number of carbonyl (C=O) groups excluding carboxylic acids is 1. The van der Waals surface area contributed by atoms with Crippen LogP contribution in [0.25, 0.3) is 0 Å². The maximum absolute atomic E-state index is 12.2. The van der Waals surface area contributed by atoms with E-state index in [2.05, 4.69) is 10.0 Å². The normalized spacial score (nSPS) is 13.2. The van der Waals surface area contributed by atoms with Crippen molar-refractivity contribution in [3.8, 4) is 0 Å². The van der Waals surface area contributed by atoms with Crippen molar-refractivity contribution in [3.63, 3.8) is 0 Å². The van der Waals surface area contributed by atoms with Gasteiger partial charge in [-0.2, -0.15) is 0 Å². The Hall–Kier alpha value is -1.39. The highest BCUT2D eigenvalue weighted by Crippen LogP contribution is 2.24. The van der Waals surface area contributed by atoms with E-state index in [-0.39, 0.29) is 40.4 Å². The van der Waals surface area contributed by atoms with Crippen molar-refractivity contribution in [2.75, 3.05) is 13.1 Å². The fourth-order valence-electron chi connectivity index (χ4n) is 2.40. The van der Waals surface area contributed by atoms with Gasteiger partial charge in [0, 0.05) is 19.1 Å². The predicted octanol–water partition coefficient (Wildman–Crippen LogP) is 1.74. The van der Waals surface area contributed by atoms with Crippen LogP contribution in [0.4, 0.5) is 0 Å². The van der Waals surface area contributed by atoms with Gasteiger partial charge in [-0.05, 0) is 30.2 Å². The van der Waals surface area contributed by atoms with E-state index in [0.29, 0.717) is 6.42 Å². The number of nitrogens with two attached hydrogens (primary N) is 1. The van der Waals surface area contributed by atoms with E-state index < -0.39 is 28.1 Å². The van der Waals surface area contributed by atoms with E-state index in [4.69, 9.17) is 28.9 Å². The van der Waals surface area contributed by atoms with Crippen molar-refractivity contribution >= 4 is 51.5 Å². The second-order valence-electron chi connectivity index (χ2n) is 6.06. The predicted molar refractivity (Wildman–Crippen MR) is 116 cm³/mol. The zero-order chi connectivity index (χ0) is 20.7. The molecule has 0 radical (unpaired) electrons. The fourth-order valence-corrected chi connectivity index (χ4v) is 3.82. The van der Waals surface area contributed by atoms with Crippen molar-refractivity contribution in [1.29, 1.82) is 0 Å². The molecule has 160 valence electrons. The minimum absolute atomic E-state index is 0.